The fourth-order valence-corrected chi connectivity index (χ4v) is 2.04. The van der Waals surface area contributed by atoms with E-state index in [0.717, 1.165) is 31.4 Å². The zero-order chi connectivity index (χ0) is 13.5. The van der Waals surface area contributed by atoms with Crippen molar-refractivity contribution in [1.29, 1.82) is 0 Å². The number of carbonyl (C=O) groups excluding carboxylic acids is 1. The summed E-state index contributed by atoms with van der Waals surface area (Å²) < 4.78 is 5.50. The summed E-state index contributed by atoms with van der Waals surface area (Å²) in [6.07, 6.45) is 5.16. The molecule has 1 atom stereocenters. The van der Waals surface area contributed by atoms with Crippen LogP contribution in [-0.2, 0) is 9.53 Å². The van der Waals surface area contributed by atoms with Crippen LogP contribution in [0.5, 0.6) is 0 Å². The van der Waals surface area contributed by atoms with Crippen LogP contribution in [0.1, 0.15) is 32.7 Å². The number of hydrogen-bond acceptors (Lipinski definition) is 3. The highest BCUT2D eigenvalue weighted by Crippen LogP contribution is 2.15. The van der Waals surface area contributed by atoms with Gasteiger partial charge in [-0.25, -0.2) is 5.43 Å². The van der Waals surface area contributed by atoms with Gasteiger partial charge < -0.3 is 4.74 Å². The number of nitrogens with one attached hydrogen (secondary N) is 1. The summed E-state index contributed by atoms with van der Waals surface area (Å²) in [4.78, 5) is 11.6. The van der Waals surface area contributed by atoms with Gasteiger partial charge in [-0.05, 0) is 24.8 Å². The first kappa shape index (κ1) is 13.8. The Morgan fingerprint density at radius 2 is 2.47 bits per heavy atom. The van der Waals surface area contributed by atoms with Gasteiger partial charge in [0.05, 0.1) is 18.7 Å². The minimum absolute atomic E-state index is 0. The van der Waals surface area contributed by atoms with Crippen LogP contribution < -0.4 is 10.9 Å². The molecule has 5 heteroatoms. The van der Waals surface area contributed by atoms with Crippen molar-refractivity contribution >= 4 is 25.4 Å². The maximum Gasteiger partial charge on any atom is 0.242 e. The molecule has 0 saturated carbocycles. The Labute approximate surface area is 116 Å². The maximum absolute atomic E-state index is 11.6. The number of nitrogens with zero attached hydrogens (tertiary/aromatic N) is 1. The Balaban J connectivity index is 0.00000200. The number of ether oxygens (including phenoxy) is 1. The predicted molar refractivity (Wildman–Crippen MR) is 77.9 cm³/mol. The number of rotatable bonds is 4. The molecule has 4 nitrogen and oxygen atoms in total. The van der Waals surface area contributed by atoms with Crippen LogP contribution in [-0.4, -0.2) is 32.7 Å². The molecule has 1 aliphatic rings. The first-order chi connectivity index (χ1) is 9.24. The molecule has 2 rings (SSSR count). The number of amides is 1. The lowest BCUT2D eigenvalue weighted by atomic mass is 9.95. The van der Waals surface area contributed by atoms with E-state index >= 15 is 0 Å². The van der Waals surface area contributed by atoms with Crippen LogP contribution >= 0.6 is 0 Å². The van der Waals surface area contributed by atoms with E-state index in [1.54, 1.807) is 18.3 Å². The van der Waals surface area contributed by atoms with Crippen molar-refractivity contribution in [2.75, 3.05) is 6.61 Å². The van der Waals surface area contributed by atoms with Gasteiger partial charge in [-0.15, -0.1) is 0 Å². The van der Waals surface area contributed by atoms with Gasteiger partial charge in [-0.3, -0.25) is 4.79 Å². The average molecular weight is 258 g/mol. The van der Waals surface area contributed by atoms with Gasteiger partial charge in [0.1, 0.15) is 7.85 Å². The van der Waals surface area contributed by atoms with Crippen molar-refractivity contribution < 1.29 is 11.0 Å². The van der Waals surface area contributed by atoms with Crippen molar-refractivity contribution in [3.8, 4) is 0 Å². The molecule has 1 aromatic carbocycles. The molecule has 1 aromatic rings. The standard InChI is InChI=1S/C14H17BN2O2.H2/c15-12-5-3-4-11(8-12)10-16-17-14(18)9-13-6-1-2-7-19-13;/h3-5,8,10,13H,1-2,6-7,9H2,(H,17,18);1H/b16-10+;. The second-order valence-electron chi connectivity index (χ2n) is 4.66. The molecule has 19 heavy (non-hydrogen) atoms. The van der Waals surface area contributed by atoms with Gasteiger partial charge in [-0.2, -0.15) is 5.10 Å². The molecule has 1 unspecified atom stereocenters. The highest BCUT2D eigenvalue weighted by atomic mass is 16.5. The fraction of sp³-hybridized carbons (Fsp3) is 0.429. The van der Waals surface area contributed by atoms with Crippen molar-refractivity contribution in [3.63, 3.8) is 0 Å². The lowest BCUT2D eigenvalue weighted by Gasteiger charge is -2.21. The summed E-state index contributed by atoms with van der Waals surface area (Å²) in [6, 6.07) is 7.31. The van der Waals surface area contributed by atoms with Crippen molar-refractivity contribution in [2.24, 2.45) is 5.10 Å². The summed E-state index contributed by atoms with van der Waals surface area (Å²) in [6.45, 7) is 0.754. The van der Waals surface area contributed by atoms with Crippen LogP contribution in [0.25, 0.3) is 0 Å². The van der Waals surface area contributed by atoms with Crippen LogP contribution in [0.4, 0.5) is 0 Å². The SMILES string of the molecule is [B]c1cccc(/C=N/NC(=O)CC2CCCCO2)c1.[HH]. The number of carbonyl (C=O) groups is 1. The normalized spacial score (nSPS) is 19.5. The molecule has 0 spiro atoms. The molecule has 0 aliphatic carbocycles. The summed E-state index contributed by atoms with van der Waals surface area (Å²) in [5.41, 5.74) is 4.04. The third kappa shape index (κ3) is 4.87. The minimum Gasteiger partial charge on any atom is -0.378 e. The second-order valence-corrected chi connectivity index (χ2v) is 4.66. The van der Waals surface area contributed by atoms with E-state index in [-0.39, 0.29) is 13.4 Å². The summed E-state index contributed by atoms with van der Waals surface area (Å²) in [5, 5.41) is 3.91. The van der Waals surface area contributed by atoms with E-state index in [9.17, 15) is 4.79 Å². The van der Waals surface area contributed by atoms with E-state index in [1.165, 1.54) is 0 Å². The average Bonchev–Trinajstić information content (AvgIpc) is 2.40. The van der Waals surface area contributed by atoms with Crippen molar-refractivity contribution in [3.05, 3.63) is 29.8 Å². The van der Waals surface area contributed by atoms with Crippen LogP contribution in [0.2, 0.25) is 0 Å². The Hall–Kier alpha value is -1.62. The fourth-order valence-electron chi connectivity index (χ4n) is 2.04. The molecule has 100 valence electrons. The summed E-state index contributed by atoms with van der Waals surface area (Å²) in [7, 11) is 5.65. The van der Waals surface area contributed by atoms with E-state index in [2.05, 4.69) is 10.5 Å². The Morgan fingerprint density at radius 1 is 1.58 bits per heavy atom. The second kappa shape index (κ2) is 7.09. The lowest BCUT2D eigenvalue weighted by molar-refractivity contribution is -0.124. The van der Waals surface area contributed by atoms with Crippen molar-refractivity contribution in [1.82, 2.24) is 5.43 Å². The Morgan fingerprint density at radius 3 is 3.21 bits per heavy atom. The molecule has 0 aromatic heterocycles. The van der Waals surface area contributed by atoms with Gasteiger partial charge in [0.25, 0.3) is 0 Å². The van der Waals surface area contributed by atoms with Gasteiger partial charge in [0, 0.05) is 8.03 Å². The summed E-state index contributed by atoms with van der Waals surface area (Å²) >= 11 is 0. The highest BCUT2D eigenvalue weighted by Gasteiger charge is 2.17. The van der Waals surface area contributed by atoms with Crippen LogP contribution in [0.3, 0.4) is 0 Å². The van der Waals surface area contributed by atoms with E-state index < -0.39 is 0 Å². The molecule has 0 bridgehead atoms. The number of benzene rings is 1. The molecule has 1 amide bonds. The van der Waals surface area contributed by atoms with Crippen LogP contribution in [0, 0.1) is 0 Å². The molecule has 1 heterocycles. The zero-order valence-corrected chi connectivity index (χ0v) is 10.8. The summed E-state index contributed by atoms with van der Waals surface area (Å²) in [5.74, 6) is -0.118. The third-order valence-electron chi connectivity index (χ3n) is 3.00. The smallest absolute Gasteiger partial charge is 0.242 e. The molecular formula is C14H19BN2O2. The number of hydrazone groups is 1. The Kier molecular flexibility index (Phi) is 5.15. The van der Waals surface area contributed by atoms with E-state index in [0.29, 0.717) is 11.9 Å². The number of hydrogen-bond donors (Lipinski definition) is 1. The molecule has 1 N–H and O–H groups in total. The molecular weight excluding hydrogens is 239 g/mol. The Bertz CT molecular complexity index is 462. The van der Waals surface area contributed by atoms with Crippen molar-refractivity contribution in [2.45, 2.75) is 31.8 Å². The minimum atomic E-state index is -0.118. The third-order valence-corrected chi connectivity index (χ3v) is 3.00. The van der Waals surface area contributed by atoms with Crippen LogP contribution in [0.15, 0.2) is 29.4 Å². The lowest BCUT2D eigenvalue weighted by Crippen LogP contribution is -2.27. The topological polar surface area (TPSA) is 50.7 Å². The monoisotopic (exact) mass is 258 g/mol. The first-order valence-electron chi connectivity index (χ1n) is 6.53. The quantitative estimate of drug-likeness (QED) is 0.500. The first-order valence-corrected chi connectivity index (χ1v) is 6.53. The van der Waals surface area contributed by atoms with E-state index in [1.807, 2.05) is 12.1 Å². The largest absolute Gasteiger partial charge is 0.378 e. The van der Waals surface area contributed by atoms with E-state index in [4.69, 9.17) is 12.6 Å². The highest BCUT2D eigenvalue weighted by molar-refractivity contribution is 6.32. The van der Waals surface area contributed by atoms with Gasteiger partial charge in [0.15, 0.2) is 0 Å². The molecule has 1 saturated heterocycles. The van der Waals surface area contributed by atoms with Gasteiger partial charge >= 0.3 is 0 Å². The molecule has 2 radical (unpaired) electrons. The van der Waals surface area contributed by atoms with Gasteiger partial charge in [-0.1, -0.05) is 29.7 Å². The molecule has 1 fully saturated rings. The predicted octanol–water partition coefficient (Wildman–Crippen LogP) is 1.14. The maximum atomic E-state index is 11.6. The molecule has 1 aliphatic heterocycles. The van der Waals surface area contributed by atoms with Gasteiger partial charge in [0.2, 0.25) is 5.91 Å². The zero-order valence-electron chi connectivity index (χ0n) is 10.8.